The van der Waals surface area contributed by atoms with Crippen LogP contribution in [0.25, 0.3) is 0 Å². The second kappa shape index (κ2) is 13.6. The molecule has 0 atom stereocenters. The van der Waals surface area contributed by atoms with E-state index in [-0.39, 0.29) is 5.91 Å². The zero-order valence-corrected chi connectivity index (χ0v) is 9.02. The van der Waals surface area contributed by atoms with Crippen LogP contribution in [0.5, 0.6) is 0 Å². The lowest BCUT2D eigenvalue weighted by atomic mass is 10.2. The molecule has 1 rings (SSSR count). The van der Waals surface area contributed by atoms with Gasteiger partial charge in [-0.05, 0) is 19.8 Å². The van der Waals surface area contributed by atoms with E-state index in [1.165, 1.54) is 6.42 Å². The van der Waals surface area contributed by atoms with Crippen molar-refractivity contribution in [2.75, 3.05) is 6.54 Å². The monoisotopic (exact) mass is 183 g/mol. The minimum atomic E-state index is 0.225. The zero-order chi connectivity index (χ0) is 10.5. The average molecular weight is 183 g/mol. The molecule has 1 saturated heterocycles. The van der Waals surface area contributed by atoms with E-state index in [1.54, 1.807) is 6.92 Å². The van der Waals surface area contributed by atoms with Crippen LogP contribution in [0.2, 0.25) is 0 Å². The molecule has 0 aromatic heterocycles. The Morgan fingerprint density at radius 3 is 2.38 bits per heavy atom. The fourth-order valence-electron chi connectivity index (χ4n) is 0.904. The number of hydrogen-bond donors (Lipinski definition) is 1. The van der Waals surface area contributed by atoms with Gasteiger partial charge in [0.1, 0.15) is 0 Å². The first-order chi connectivity index (χ1) is 6.31. The first-order valence-corrected chi connectivity index (χ1v) is 4.95. The van der Waals surface area contributed by atoms with Crippen molar-refractivity contribution >= 4 is 5.91 Å². The lowest BCUT2D eigenvalue weighted by Crippen LogP contribution is -2.21. The molecule has 76 valence electrons. The Labute approximate surface area is 82.1 Å². The predicted octanol–water partition coefficient (Wildman–Crippen LogP) is 2.34. The molecule has 1 aliphatic heterocycles. The van der Waals surface area contributed by atoms with Crippen molar-refractivity contribution in [2.24, 2.45) is 0 Å². The third-order valence-corrected chi connectivity index (χ3v) is 1.40. The van der Waals surface area contributed by atoms with Gasteiger partial charge in [0, 0.05) is 13.0 Å². The lowest BCUT2D eigenvalue weighted by molar-refractivity contribution is -0.120. The molecule has 0 radical (unpaired) electrons. The van der Waals surface area contributed by atoms with E-state index in [1.807, 2.05) is 13.8 Å². The van der Waals surface area contributed by atoms with Crippen molar-refractivity contribution in [1.29, 1.82) is 0 Å². The molecule has 0 aliphatic carbocycles. The quantitative estimate of drug-likeness (QED) is 0.574. The van der Waals surface area contributed by atoms with Gasteiger partial charge in [0.05, 0.1) is 0 Å². The summed E-state index contributed by atoms with van der Waals surface area (Å²) in [6.07, 6.45) is 8.77. The fourth-order valence-corrected chi connectivity index (χ4v) is 0.904. The van der Waals surface area contributed by atoms with Crippen LogP contribution < -0.4 is 5.32 Å². The normalized spacial score (nSPS) is 14.5. The second-order valence-electron chi connectivity index (χ2n) is 2.45. The molecule has 13 heavy (non-hydrogen) atoms. The van der Waals surface area contributed by atoms with Gasteiger partial charge >= 0.3 is 0 Å². The van der Waals surface area contributed by atoms with Crippen LogP contribution in [0.4, 0.5) is 0 Å². The van der Waals surface area contributed by atoms with Crippen LogP contribution in [0.3, 0.4) is 0 Å². The number of carbonyl (C=O) groups excluding carboxylic acids is 1. The summed E-state index contributed by atoms with van der Waals surface area (Å²) < 4.78 is 0. The minimum absolute atomic E-state index is 0.225. The molecule has 1 fully saturated rings. The third kappa shape index (κ3) is 13.9. The topological polar surface area (TPSA) is 29.1 Å². The van der Waals surface area contributed by atoms with E-state index in [2.05, 4.69) is 17.7 Å². The van der Waals surface area contributed by atoms with Crippen molar-refractivity contribution < 1.29 is 4.79 Å². The molecule has 0 saturated carbocycles. The standard InChI is InChI=1S/C6H11NO.C3H4.C2H6/c8-6-4-2-1-3-5-7-6;1-3-2;1-2/h1-5H2,(H,7,8);1H,2H3;1-2H3. The van der Waals surface area contributed by atoms with Gasteiger partial charge in [-0.1, -0.05) is 20.3 Å². The van der Waals surface area contributed by atoms with Gasteiger partial charge in [-0.3, -0.25) is 4.79 Å². The molecule has 1 N–H and O–H groups in total. The summed E-state index contributed by atoms with van der Waals surface area (Å²) in [4.78, 5) is 10.6. The number of nitrogens with one attached hydrogen (secondary N) is 1. The Hall–Kier alpha value is -0.970. The van der Waals surface area contributed by atoms with Crippen molar-refractivity contribution in [3.63, 3.8) is 0 Å². The molecule has 0 bridgehead atoms. The van der Waals surface area contributed by atoms with E-state index in [0.29, 0.717) is 0 Å². The SMILES string of the molecule is C#CC.CC.O=C1CCCCCN1. The molecular weight excluding hydrogens is 162 g/mol. The van der Waals surface area contributed by atoms with Gasteiger partial charge in [-0.25, -0.2) is 0 Å². The molecule has 0 spiro atoms. The van der Waals surface area contributed by atoms with Crippen molar-refractivity contribution in [2.45, 2.75) is 46.5 Å². The van der Waals surface area contributed by atoms with Crippen LogP contribution in [0.15, 0.2) is 0 Å². The highest BCUT2D eigenvalue weighted by Crippen LogP contribution is 2.02. The van der Waals surface area contributed by atoms with Crippen LogP contribution in [-0.4, -0.2) is 12.5 Å². The van der Waals surface area contributed by atoms with Crippen LogP contribution in [0, 0.1) is 12.3 Å². The van der Waals surface area contributed by atoms with Gasteiger partial charge < -0.3 is 5.32 Å². The summed E-state index contributed by atoms with van der Waals surface area (Å²) >= 11 is 0. The third-order valence-electron chi connectivity index (χ3n) is 1.40. The molecule has 1 heterocycles. The Morgan fingerprint density at radius 2 is 1.85 bits per heavy atom. The molecule has 0 aromatic rings. The lowest BCUT2D eigenvalue weighted by Gasteiger charge is -1.93. The Balaban J connectivity index is 0. The number of carbonyl (C=O) groups is 1. The predicted molar refractivity (Wildman–Crippen MR) is 57.3 cm³/mol. The molecule has 2 nitrogen and oxygen atoms in total. The Morgan fingerprint density at radius 1 is 1.31 bits per heavy atom. The smallest absolute Gasteiger partial charge is 0.219 e. The minimum Gasteiger partial charge on any atom is -0.356 e. The van der Waals surface area contributed by atoms with Gasteiger partial charge in [-0.15, -0.1) is 12.3 Å². The van der Waals surface area contributed by atoms with E-state index in [9.17, 15) is 4.79 Å². The number of rotatable bonds is 0. The maximum atomic E-state index is 10.6. The Kier molecular flexibility index (Phi) is 15.2. The molecule has 1 aliphatic rings. The second-order valence-corrected chi connectivity index (χ2v) is 2.45. The zero-order valence-electron chi connectivity index (χ0n) is 9.02. The summed E-state index contributed by atoms with van der Waals surface area (Å²) in [5, 5.41) is 2.81. The van der Waals surface area contributed by atoms with Gasteiger partial charge in [0.2, 0.25) is 5.91 Å². The first kappa shape index (κ1) is 14.5. The highest BCUT2D eigenvalue weighted by Gasteiger charge is 2.03. The highest BCUT2D eigenvalue weighted by molar-refractivity contribution is 5.75. The van der Waals surface area contributed by atoms with Crippen molar-refractivity contribution in [1.82, 2.24) is 5.32 Å². The highest BCUT2D eigenvalue weighted by atomic mass is 16.1. The average Bonchev–Trinajstić information content (AvgIpc) is 2.38. The summed E-state index contributed by atoms with van der Waals surface area (Å²) in [5.74, 6) is 2.47. The van der Waals surface area contributed by atoms with Crippen molar-refractivity contribution in [3.8, 4) is 12.3 Å². The van der Waals surface area contributed by atoms with E-state index < -0.39 is 0 Å². The van der Waals surface area contributed by atoms with E-state index in [0.717, 1.165) is 25.8 Å². The van der Waals surface area contributed by atoms with E-state index >= 15 is 0 Å². The maximum absolute atomic E-state index is 10.6. The summed E-state index contributed by atoms with van der Waals surface area (Å²) in [6.45, 7) is 6.54. The molecule has 0 aromatic carbocycles. The van der Waals surface area contributed by atoms with Crippen LogP contribution >= 0.6 is 0 Å². The largest absolute Gasteiger partial charge is 0.356 e. The number of hydrogen-bond acceptors (Lipinski definition) is 1. The van der Waals surface area contributed by atoms with Gasteiger partial charge in [-0.2, -0.15) is 0 Å². The van der Waals surface area contributed by atoms with E-state index in [4.69, 9.17) is 0 Å². The maximum Gasteiger partial charge on any atom is 0.219 e. The van der Waals surface area contributed by atoms with Crippen LogP contribution in [-0.2, 0) is 4.79 Å². The summed E-state index contributed by atoms with van der Waals surface area (Å²) in [6, 6.07) is 0. The summed E-state index contributed by atoms with van der Waals surface area (Å²) in [7, 11) is 0. The van der Waals surface area contributed by atoms with Gasteiger partial charge in [0.15, 0.2) is 0 Å². The molecular formula is C11H21NO. The molecule has 1 amide bonds. The van der Waals surface area contributed by atoms with Crippen molar-refractivity contribution in [3.05, 3.63) is 0 Å². The molecule has 0 unspecified atom stereocenters. The number of amides is 1. The van der Waals surface area contributed by atoms with Gasteiger partial charge in [0.25, 0.3) is 0 Å². The van der Waals surface area contributed by atoms with Crippen LogP contribution in [0.1, 0.15) is 46.5 Å². The number of terminal acetylenes is 1. The molecule has 2 heteroatoms. The Bertz CT molecular complexity index is 137. The first-order valence-electron chi connectivity index (χ1n) is 4.95. The fraction of sp³-hybridized carbons (Fsp3) is 0.727. The summed E-state index contributed by atoms with van der Waals surface area (Å²) in [5.41, 5.74) is 0.